The molecule has 0 aromatic carbocycles. The molecule has 0 atom stereocenters. The molecule has 46 valence electrons. The van der Waals surface area contributed by atoms with Crippen LogP contribution in [0.25, 0.3) is 0 Å². The summed E-state index contributed by atoms with van der Waals surface area (Å²) < 4.78 is 15.0. The zero-order valence-electron chi connectivity index (χ0n) is 4.56. The van der Waals surface area contributed by atoms with Crippen LogP contribution in [-0.2, 0) is 9.53 Å². The second-order valence-electron chi connectivity index (χ2n) is 1.07. The van der Waals surface area contributed by atoms with E-state index in [0.717, 1.165) is 6.08 Å². The molecule has 0 saturated carbocycles. The number of rotatable bonds is 2. The SMILES string of the molecule is CC=CC(=O)OCF. The molecule has 0 amide bonds. The third-order valence-corrected chi connectivity index (χ3v) is 0.500. The van der Waals surface area contributed by atoms with Crippen molar-refractivity contribution in [1.29, 1.82) is 0 Å². The van der Waals surface area contributed by atoms with Gasteiger partial charge in [0.05, 0.1) is 0 Å². The van der Waals surface area contributed by atoms with Crippen molar-refractivity contribution in [3.05, 3.63) is 12.2 Å². The molecule has 0 aliphatic carbocycles. The van der Waals surface area contributed by atoms with Crippen LogP contribution < -0.4 is 0 Å². The van der Waals surface area contributed by atoms with Crippen molar-refractivity contribution in [3.8, 4) is 0 Å². The molecule has 0 unspecified atom stereocenters. The number of hydrogen-bond acceptors (Lipinski definition) is 2. The summed E-state index contributed by atoms with van der Waals surface area (Å²) in [5.41, 5.74) is 0. The van der Waals surface area contributed by atoms with Crippen molar-refractivity contribution < 1.29 is 13.9 Å². The third kappa shape index (κ3) is 3.33. The van der Waals surface area contributed by atoms with Crippen molar-refractivity contribution in [1.82, 2.24) is 0 Å². The van der Waals surface area contributed by atoms with Gasteiger partial charge in [-0.25, -0.2) is 9.18 Å². The van der Waals surface area contributed by atoms with Gasteiger partial charge in [0.2, 0.25) is 6.86 Å². The summed E-state index contributed by atoms with van der Waals surface area (Å²) in [4.78, 5) is 10.1. The maximum absolute atomic E-state index is 11.1. The lowest BCUT2D eigenvalue weighted by Gasteiger charge is -1.89. The van der Waals surface area contributed by atoms with E-state index in [-0.39, 0.29) is 0 Å². The topological polar surface area (TPSA) is 26.3 Å². The van der Waals surface area contributed by atoms with E-state index in [1.54, 1.807) is 6.92 Å². The Morgan fingerprint density at radius 3 is 2.88 bits per heavy atom. The molecule has 0 heterocycles. The lowest BCUT2D eigenvalue weighted by molar-refractivity contribution is -0.141. The highest BCUT2D eigenvalue weighted by molar-refractivity contribution is 5.81. The maximum Gasteiger partial charge on any atom is 0.332 e. The normalized spacial score (nSPS) is 9.75. The van der Waals surface area contributed by atoms with Crippen LogP contribution in [0.4, 0.5) is 4.39 Å². The fraction of sp³-hybridized carbons (Fsp3) is 0.400. The lowest BCUT2D eigenvalue weighted by atomic mass is 10.5. The number of carbonyl (C=O) groups excluding carboxylic acids is 1. The fourth-order valence-corrected chi connectivity index (χ4v) is 0.238. The Kier molecular flexibility index (Phi) is 3.84. The minimum atomic E-state index is -1.05. The molecule has 0 aromatic heterocycles. The molecule has 8 heavy (non-hydrogen) atoms. The molecule has 0 rings (SSSR count). The number of allylic oxidation sites excluding steroid dienone is 1. The molecular weight excluding hydrogens is 111 g/mol. The number of alkyl halides is 1. The summed E-state index contributed by atoms with van der Waals surface area (Å²) in [6.07, 6.45) is 2.64. The summed E-state index contributed by atoms with van der Waals surface area (Å²) in [6, 6.07) is 0. The molecule has 0 bridgehead atoms. The predicted octanol–water partition coefficient (Wildman–Crippen LogP) is 1.03. The molecule has 0 aliphatic rings. The highest BCUT2D eigenvalue weighted by Crippen LogP contribution is 1.79. The van der Waals surface area contributed by atoms with E-state index >= 15 is 0 Å². The van der Waals surface area contributed by atoms with E-state index in [1.807, 2.05) is 0 Å². The summed E-state index contributed by atoms with van der Waals surface area (Å²) >= 11 is 0. The van der Waals surface area contributed by atoms with Crippen LogP contribution in [0.3, 0.4) is 0 Å². The monoisotopic (exact) mass is 118 g/mol. The Hall–Kier alpha value is -0.860. The van der Waals surface area contributed by atoms with Crippen molar-refractivity contribution in [2.75, 3.05) is 6.86 Å². The van der Waals surface area contributed by atoms with Gasteiger partial charge in [0.15, 0.2) is 0 Å². The number of carbonyl (C=O) groups is 1. The van der Waals surface area contributed by atoms with Crippen LogP contribution in [0.1, 0.15) is 6.92 Å². The average molecular weight is 118 g/mol. The summed E-state index contributed by atoms with van der Waals surface area (Å²) in [6.45, 7) is 0.600. The Morgan fingerprint density at radius 2 is 2.50 bits per heavy atom. The van der Waals surface area contributed by atoms with Gasteiger partial charge in [0.1, 0.15) is 0 Å². The van der Waals surface area contributed by atoms with E-state index < -0.39 is 12.8 Å². The van der Waals surface area contributed by atoms with E-state index in [4.69, 9.17) is 0 Å². The molecule has 3 heteroatoms. The fourth-order valence-electron chi connectivity index (χ4n) is 0.238. The van der Waals surface area contributed by atoms with Gasteiger partial charge in [0.25, 0.3) is 0 Å². The van der Waals surface area contributed by atoms with Crippen molar-refractivity contribution in [2.45, 2.75) is 6.92 Å². The smallest absolute Gasteiger partial charge is 0.332 e. The Labute approximate surface area is 47.0 Å². The first-order chi connectivity index (χ1) is 3.81. The Balaban J connectivity index is 3.33. The van der Waals surface area contributed by atoms with Crippen LogP contribution in [0.15, 0.2) is 12.2 Å². The van der Waals surface area contributed by atoms with E-state index in [2.05, 4.69) is 4.74 Å². The molecule has 0 N–H and O–H groups in total. The minimum Gasteiger partial charge on any atom is -0.431 e. The Morgan fingerprint density at radius 1 is 1.88 bits per heavy atom. The average Bonchev–Trinajstić information content (AvgIpc) is 1.68. The number of ether oxygens (including phenoxy) is 1. The zero-order chi connectivity index (χ0) is 6.41. The van der Waals surface area contributed by atoms with Gasteiger partial charge in [0, 0.05) is 6.08 Å². The quantitative estimate of drug-likeness (QED) is 0.400. The van der Waals surface area contributed by atoms with Crippen molar-refractivity contribution in [3.63, 3.8) is 0 Å². The zero-order valence-corrected chi connectivity index (χ0v) is 4.56. The van der Waals surface area contributed by atoms with Gasteiger partial charge in [-0.3, -0.25) is 0 Å². The molecule has 0 saturated heterocycles. The van der Waals surface area contributed by atoms with Crippen LogP contribution in [0.5, 0.6) is 0 Å². The summed E-state index contributed by atoms with van der Waals surface area (Å²) in [5.74, 6) is -0.644. The molecule has 0 aromatic rings. The van der Waals surface area contributed by atoms with E-state index in [0.29, 0.717) is 0 Å². The number of hydrogen-bond donors (Lipinski definition) is 0. The second-order valence-corrected chi connectivity index (χ2v) is 1.07. The van der Waals surface area contributed by atoms with E-state index in [1.165, 1.54) is 6.08 Å². The molecule has 0 fully saturated rings. The second kappa shape index (κ2) is 4.30. The number of esters is 1. The standard InChI is InChI=1S/C5H7FO2/c1-2-3-5(7)8-4-6/h2-3H,4H2,1H3. The molecule has 0 radical (unpaired) electrons. The molecule has 0 aliphatic heterocycles. The first-order valence-corrected chi connectivity index (χ1v) is 2.16. The van der Waals surface area contributed by atoms with E-state index in [9.17, 15) is 9.18 Å². The van der Waals surface area contributed by atoms with Crippen molar-refractivity contribution >= 4 is 5.97 Å². The lowest BCUT2D eigenvalue weighted by Crippen LogP contribution is -1.97. The van der Waals surface area contributed by atoms with Crippen LogP contribution in [0.2, 0.25) is 0 Å². The predicted molar refractivity (Wildman–Crippen MR) is 26.9 cm³/mol. The highest BCUT2D eigenvalue weighted by atomic mass is 19.1. The van der Waals surface area contributed by atoms with Gasteiger partial charge in [-0.05, 0) is 6.92 Å². The van der Waals surface area contributed by atoms with Gasteiger partial charge < -0.3 is 4.74 Å². The first kappa shape index (κ1) is 7.14. The van der Waals surface area contributed by atoms with Gasteiger partial charge in [-0.15, -0.1) is 0 Å². The summed E-state index contributed by atoms with van der Waals surface area (Å²) in [5, 5.41) is 0. The van der Waals surface area contributed by atoms with Crippen LogP contribution in [0, 0.1) is 0 Å². The van der Waals surface area contributed by atoms with Gasteiger partial charge in [-0.2, -0.15) is 0 Å². The third-order valence-electron chi connectivity index (χ3n) is 0.500. The highest BCUT2D eigenvalue weighted by Gasteiger charge is 1.90. The van der Waals surface area contributed by atoms with Gasteiger partial charge in [-0.1, -0.05) is 6.08 Å². The molecular formula is C5H7FO2. The van der Waals surface area contributed by atoms with Gasteiger partial charge >= 0.3 is 5.97 Å². The molecule has 2 nitrogen and oxygen atoms in total. The van der Waals surface area contributed by atoms with Crippen molar-refractivity contribution in [2.24, 2.45) is 0 Å². The summed E-state index contributed by atoms with van der Waals surface area (Å²) in [7, 11) is 0. The largest absolute Gasteiger partial charge is 0.431 e. The molecule has 0 spiro atoms. The maximum atomic E-state index is 11.1. The Bertz CT molecular complexity index is 98.6. The van der Waals surface area contributed by atoms with Crippen LogP contribution >= 0.6 is 0 Å². The van der Waals surface area contributed by atoms with Crippen LogP contribution in [-0.4, -0.2) is 12.8 Å². The first-order valence-electron chi connectivity index (χ1n) is 2.16. The minimum absolute atomic E-state index is 0.644. The number of halogens is 1.